The minimum Gasteiger partial charge on any atom is -0.466 e. The van der Waals surface area contributed by atoms with E-state index in [1.807, 2.05) is 0 Å². The lowest BCUT2D eigenvalue weighted by Crippen LogP contribution is -2.20. The number of halogens is 4. The van der Waals surface area contributed by atoms with Crippen LogP contribution in [0.15, 0.2) is 30.0 Å². The highest BCUT2D eigenvalue weighted by molar-refractivity contribution is 6.32. The van der Waals surface area contributed by atoms with Crippen LogP contribution in [0.1, 0.15) is 0 Å². The number of benzene rings is 1. The molecule has 1 rings (SSSR count). The monoisotopic (exact) mass is 353 g/mol. The smallest absolute Gasteiger partial charge is 0.466 e. The average molecular weight is 354 g/mol. The minimum absolute atomic E-state index is 0.296. The predicted octanol–water partition coefficient (Wildman–Crippen LogP) is 2.88. The maximum Gasteiger partial charge on any atom is 0.573 e. The van der Waals surface area contributed by atoms with Gasteiger partial charge >= 0.3 is 18.3 Å². The van der Waals surface area contributed by atoms with Gasteiger partial charge in [0.05, 0.1) is 31.0 Å². The van der Waals surface area contributed by atoms with Crippen molar-refractivity contribution in [1.29, 1.82) is 0 Å². The summed E-state index contributed by atoms with van der Waals surface area (Å²) in [5.74, 6) is -2.69. The summed E-state index contributed by atoms with van der Waals surface area (Å²) in [6.07, 6.45) is -4.29. The van der Waals surface area contributed by atoms with Crippen molar-refractivity contribution in [2.75, 3.05) is 19.5 Å². The fourth-order valence-corrected chi connectivity index (χ4v) is 1.62. The Hall–Kier alpha value is -2.42. The molecule has 0 aromatic heterocycles. The lowest BCUT2D eigenvalue weighted by Gasteiger charge is -2.16. The van der Waals surface area contributed by atoms with Crippen molar-refractivity contribution in [3.05, 3.63) is 35.0 Å². The molecule has 1 aromatic rings. The maximum atomic E-state index is 12.4. The number of carbonyl (C=O) groups excluding carboxylic acids is 2. The number of anilines is 1. The molecule has 0 heterocycles. The number of carbonyl (C=O) groups is 2. The predicted molar refractivity (Wildman–Crippen MR) is 73.9 cm³/mol. The third-order valence-corrected chi connectivity index (χ3v) is 2.62. The SMILES string of the molecule is COC(=O)/C=C(/Nc1cccc(Cl)c1OC(F)(F)F)C(=O)OC. The van der Waals surface area contributed by atoms with Crippen molar-refractivity contribution >= 4 is 29.2 Å². The van der Waals surface area contributed by atoms with E-state index in [0.29, 0.717) is 6.08 Å². The van der Waals surface area contributed by atoms with Crippen molar-refractivity contribution in [3.8, 4) is 5.75 Å². The summed E-state index contributed by atoms with van der Waals surface area (Å²) in [5, 5.41) is 1.95. The third-order valence-electron chi connectivity index (χ3n) is 2.32. The Kier molecular flexibility index (Phi) is 6.26. The van der Waals surface area contributed by atoms with Crippen molar-refractivity contribution < 1.29 is 37.0 Å². The van der Waals surface area contributed by atoms with E-state index in [0.717, 1.165) is 20.3 Å². The zero-order chi connectivity index (χ0) is 17.6. The number of hydrogen-bond acceptors (Lipinski definition) is 6. The van der Waals surface area contributed by atoms with Crippen LogP contribution in [-0.4, -0.2) is 32.5 Å². The quantitative estimate of drug-likeness (QED) is 0.648. The first-order valence-electron chi connectivity index (χ1n) is 5.87. The number of ether oxygens (including phenoxy) is 3. The molecule has 0 spiro atoms. The van der Waals surface area contributed by atoms with E-state index in [4.69, 9.17) is 11.6 Å². The van der Waals surface area contributed by atoms with E-state index in [1.165, 1.54) is 12.1 Å². The second-order valence-corrected chi connectivity index (χ2v) is 4.27. The molecular weight excluding hydrogens is 343 g/mol. The van der Waals surface area contributed by atoms with Crippen molar-refractivity contribution in [2.45, 2.75) is 6.36 Å². The summed E-state index contributed by atoms with van der Waals surface area (Å²) in [7, 11) is 2.09. The Morgan fingerprint density at radius 1 is 1.22 bits per heavy atom. The first-order valence-corrected chi connectivity index (χ1v) is 6.25. The lowest BCUT2D eigenvalue weighted by atomic mass is 10.2. The first-order chi connectivity index (χ1) is 10.7. The van der Waals surface area contributed by atoms with Crippen LogP contribution >= 0.6 is 11.6 Å². The Morgan fingerprint density at radius 3 is 2.39 bits per heavy atom. The van der Waals surface area contributed by atoms with Gasteiger partial charge in [-0.1, -0.05) is 17.7 Å². The van der Waals surface area contributed by atoms with Crippen LogP contribution in [-0.2, 0) is 19.1 Å². The molecule has 0 saturated heterocycles. The van der Waals surface area contributed by atoms with Crippen molar-refractivity contribution in [3.63, 3.8) is 0 Å². The van der Waals surface area contributed by atoms with E-state index in [1.54, 1.807) is 0 Å². The molecule has 10 heteroatoms. The molecule has 0 aliphatic rings. The van der Waals surface area contributed by atoms with Crippen LogP contribution in [0, 0.1) is 0 Å². The van der Waals surface area contributed by atoms with Gasteiger partial charge in [-0.25, -0.2) is 9.59 Å². The zero-order valence-electron chi connectivity index (χ0n) is 11.9. The minimum atomic E-state index is -5.00. The lowest BCUT2D eigenvalue weighted by molar-refractivity contribution is -0.274. The van der Waals surface area contributed by atoms with Crippen LogP contribution in [0.4, 0.5) is 18.9 Å². The van der Waals surface area contributed by atoms with E-state index < -0.39 is 29.7 Å². The average Bonchev–Trinajstić information content (AvgIpc) is 2.47. The Labute approximate surface area is 133 Å². The van der Waals surface area contributed by atoms with Crippen LogP contribution in [0.5, 0.6) is 5.75 Å². The van der Waals surface area contributed by atoms with E-state index >= 15 is 0 Å². The summed E-state index contributed by atoms with van der Waals surface area (Å²) in [6.45, 7) is 0. The number of methoxy groups -OCH3 is 2. The molecule has 0 saturated carbocycles. The molecule has 23 heavy (non-hydrogen) atoms. The molecule has 1 aromatic carbocycles. The summed E-state index contributed by atoms with van der Waals surface area (Å²) >= 11 is 5.67. The molecule has 0 fully saturated rings. The molecule has 1 N–H and O–H groups in total. The van der Waals surface area contributed by atoms with Crippen LogP contribution in [0.2, 0.25) is 5.02 Å². The van der Waals surface area contributed by atoms with Gasteiger partial charge in [-0.05, 0) is 12.1 Å². The topological polar surface area (TPSA) is 73.9 Å². The van der Waals surface area contributed by atoms with Crippen LogP contribution in [0.25, 0.3) is 0 Å². The summed E-state index contributed by atoms with van der Waals surface area (Å²) in [4.78, 5) is 22.8. The maximum absolute atomic E-state index is 12.4. The fraction of sp³-hybridized carbons (Fsp3) is 0.231. The van der Waals surface area contributed by atoms with E-state index in [2.05, 4.69) is 19.5 Å². The molecule has 0 aliphatic heterocycles. The standard InChI is InChI=1S/C13H11ClF3NO5/c1-21-10(19)6-9(12(20)22-2)18-8-5-3-4-7(14)11(8)23-13(15,16)17/h3-6,18H,1-2H3/b9-6+. The highest BCUT2D eigenvalue weighted by atomic mass is 35.5. The van der Waals surface area contributed by atoms with Crippen molar-refractivity contribution in [2.24, 2.45) is 0 Å². The number of alkyl halides is 3. The Balaban J connectivity index is 3.24. The molecule has 6 nitrogen and oxygen atoms in total. The molecule has 0 aliphatic carbocycles. The van der Waals surface area contributed by atoms with Gasteiger partial charge in [0.1, 0.15) is 5.70 Å². The highest BCUT2D eigenvalue weighted by Crippen LogP contribution is 2.37. The van der Waals surface area contributed by atoms with Gasteiger partial charge in [0.25, 0.3) is 0 Å². The second-order valence-electron chi connectivity index (χ2n) is 3.86. The first kappa shape index (κ1) is 18.6. The number of nitrogens with one attached hydrogen (secondary N) is 1. The fourth-order valence-electron chi connectivity index (χ4n) is 1.40. The molecule has 126 valence electrons. The highest BCUT2D eigenvalue weighted by Gasteiger charge is 2.33. The van der Waals surface area contributed by atoms with Gasteiger partial charge in [-0.2, -0.15) is 0 Å². The van der Waals surface area contributed by atoms with Gasteiger partial charge in [-0.15, -0.1) is 13.2 Å². The zero-order valence-corrected chi connectivity index (χ0v) is 12.6. The Bertz CT molecular complexity index is 631. The molecule has 0 amide bonds. The summed E-state index contributed by atoms with van der Waals surface area (Å²) in [6, 6.07) is 3.65. The molecule has 0 bridgehead atoms. The summed E-state index contributed by atoms with van der Waals surface area (Å²) < 4.78 is 49.9. The number of para-hydroxylation sites is 1. The van der Waals surface area contributed by atoms with Crippen molar-refractivity contribution in [1.82, 2.24) is 0 Å². The number of esters is 2. The third kappa shape index (κ3) is 5.70. The number of rotatable bonds is 5. The van der Waals surface area contributed by atoms with Gasteiger partial charge in [0.15, 0.2) is 5.75 Å². The molecular formula is C13H11ClF3NO5. The molecule has 0 unspecified atom stereocenters. The second kappa shape index (κ2) is 7.73. The molecule has 0 atom stereocenters. The van der Waals surface area contributed by atoms with Gasteiger partial charge in [0, 0.05) is 0 Å². The van der Waals surface area contributed by atoms with Crippen LogP contribution < -0.4 is 10.1 Å². The van der Waals surface area contributed by atoms with E-state index in [-0.39, 0.29) is 10.7 Å². The molecule has 0 radical (unpaired) electrons. The summed E-state index contributed by atoms with van der Waals surface area (Å²) in [5.41, 5.74) is -0.760. The Morgan fingerprint density at radius 2 is 1.87 bits per heavy atom. The van der Waals surface area contributed by atoms with Gasteiger partial charge < -0.3 is 19.5 Å². The van der Waals surface area contributed by atoms with Gasteiger partial charge in [0.2, 0.25) is 0 Å². The normalized spacial score (nSPS) is 11.7. The van der Waals surface area contributed by atoms with Gasteiger partial charge in [-0.3, -0.25) is 0 Å². The number of hydrogen-bond donors (Lipinski definition) is 1. The van der Waals surface area contributed by atoms with E-state index in [9.17, 15) is 22.8 Å². The largest absolute Gasteiger partial charge is 0.573 e. The van der Waals surface area contributed by atoms with Crippen LogP contribution in [0.3, 0.4) is 0 Å².